The summed E-state index contributed by atoms with van der Waals surface area (Å²) < 4.78 is 1.62. The first kappa shape index (κ1) is 19.4. The Balaban J connectivity index is 0.000000202. The molecule has 0 saturated heterocycles. The fourth-order valence-corrected chi connectivity index (χ4v) is 1.63. The van der Waals surface area contributed by atoms with Gasteiger partial charge in [0.2, 0.25) is 0 Å². The molecule has 5 nitrogen and oxygen atoms in total. The molecule has 2 aromatic heterocycles. The molecule has 0 aliphatic heterocycles. The van der Waals surface area contributed by atoms with Crippen LogP contribution in [0.4, 0.5) is 0 Å². The van der Waals surface area contributed by atoms with Crippen LogP contribution in [0.15, 0.2) is 91.5 Å². The van der Waals surface area contributed by atoms with Gasteiger partial charge in [0.05, 0.1) is 0 Å². The van der Waals surface area contributed by atoms with Crippen molar-refractivity contribution in [2.24, 2.45) is 0 Å². The van der Waals surface area contributed by atoms with E-state index in [0.717, 1.165) is 0 Å². The van der Waals surface area contributed by atoms with E-state index in [4.69, 9.17) is 0 Å². The molecule has 0 saturated carbocycles. The van der Waals surface area contributed by atoms with Crippen molar-refractivity contribution in [1.82, 2.24) is 20.0 Å². The van der Waals surface area contributed by atoms with Gasteiger partial charge in [0, 0.05) is 44.9 Å². The zero-order valence-electron chi connectivity index (χ0n) is 12.8. The minimum Gasteiger partial charge on any atom is -0.506 e. The van der Waals surface area contributed by atoms with E-state index in [1.165, 1.54) is 0 Å². The molecule has 24 heavy (non-hydrogen) atoms. The van der Waals surface area contributed by atoms with E-state index < -0.39 is 0 Å². The van der Waals surface area contributed by atoms with Gasteiger partial charge in [0.15, 0.2) is 0 Å². The molecule has 0 fully saturated rings. The van der Waals surface area contributed by atoms with Crippen LogP contribution in [-0.2, 0) is 20.1 Å². The van der Waals surface area contributed by atoms with E-state index in [0.29, 0.717) is 5.69 Å². The molecule has 4 rings (SSSR count). The Morgan fingerprint density at radius 2 is 1.71 bits per heavy atom. The Labute approximate surface area is 154 Å². The number of rotatable bonds is 1. The average molecular weight is 498 g/mol. The number of phenolic OH excluding ortho intramolecular Hbond substituents is 1. The van der Waals surface area contributed by atoms with E-state index in [-0.39, 0.29) is 25.9 Å². The number of nitrogens with zero attached hydrogens (tertiary/aromatic N) is 3. The number of aromatic nitrogens is 4. The van der Waals surface area contributed by atoms with Crippen LogP contribution in [0.2, 0.25) is 0 Å². The van der Waals surface area contributed by atoms with Crippen molar-refractivity contribution < 1.29 is 25.2 Å². The van der Waals surface area contributed by atoms with Crippen LogP contribution >= 0.6 is 0 Å². The van der Waals surface area contributed by atoms with Crippen molar-refractivity contribution in [3.63, 3.8) is 0 Å². The van der Waals surface area contributed by atoms with Crippen LogP contribution in [-0.4, -0.2) is 25.1 Å². The Morgan fingerprint density at radius 1 is 0.917 bits per heavy atom. The molecule has 2 N–H and O–H groups in total. The van der Waals surface area contributed by atoms with Gasteiger partial charge >= 0.3 is 0 Å². The molecule has 125 valence electrons. The maximum absolute atomic E-state index is 9.42. The Hall–Kier alpha value is -2.69. The molecule has 2 heterocycles. The van der Waals surface area contributed by atoms with Gasteiger partial charge in [-0.15, -0.1) is 0 Å². The van der Waals surface area contributed by atoms with Gasteiger partial charge in [-0.25, -0.2) is 4.68 Å². The molecule has 0 unspecified atom stereocenters. The summed E-state index contributed by atoms with van der Waals surface area (Å²) in [5.41, 5.74) is 0.697. The van der Waals surface area contributed by atoms with Crippen LogP contribution in [0.5, 0.6) is 5.75 Å². The molecule has 0 aliphatic rings. The molecule has 2 aromatic carbocycles. The summed E-state index contributed by atoms with van der Waals surface area (Å²) in [5, 5.41) is 19.6. The third-order valence-electron chi connectivity index (χ3n) is 2.65. The number of aromatic amines is 1. The van der Waals surface area contributed by atoms with Gasteiger partial charge in [0.25, 0.3) is 0 Å². The Morgan fingerprint density at radius 3 is 2.12 bits per heavy atom. The third kappa shape index (κ3) is 7.05. The molecular weight excluding hydrogens is 480 g/mol. The number of hydrogen-bond acceptors (Lipinski definition) is 3. The molecule has 0 aliphatic carbocycles. The maximum Gasteiger partial charge on any atom is 0.141 e. The molecule has 0 atom stereocenters. The van der Waals surface area contributed by atoms with E-state index in [9.17, 15) is 5.11 Å². The monoisotopic (exact) mass is 498 g/mol. The van der Waals surface area contributed by atoms with Crippen LogP contribution in [0, 0.1) is 6.07 Å². The summed E-state index contributed by atoms with van der Waals surface area (Å²) >= 11 is 0. The first-order valence-corrected chi connectivity index (χ1v) is 7.01. The summed E-state index contributed by atoms with van der Waals surface area (Å²) in [4.78, 5) is 0. The van der Waals surface area contributed by atoms with Gasteiger partial charge in [-0.3, -0.25) is 5.10 Å². The summed E-state index contributed by atoms with van der Waals surface area (Å²) in [6.07, 6.45) is 6.92. The number of H-pyrrole nitrogens is 1. The topological polar surface area (TPSA) is 66.7 Å². The largest absolute Gasteiger partial charge is 0.506 e. The zero-order valence-corrected chi connectivity index (χ0v) is 15.2. The quantitative estimate of drug-likeness (QED) is 0.396. The van der Waals surface area contributed by atoms with Crippen LogP contribution in [0.1, 0.15) is 0 Å². The van der Waals surface area contributed by atoms with Gasteiger partial charge in [-0.2, -0.15) is 46.6 Å². The van der Waals surface area contributed by atoms with E-state index in [1.54, 1.807) is 41.6 Å². The average Bonchev–Trinajstić information content (AvgIpc) is 3.34. The first-order valence-electron chi connectivity index (χ1n) is 7.01. The molecule has 0 spiro atoms. The minimum atomic E-state index is 0. The second kappa shape index (κ2) is 11.8. The van der Waals surface area contributed by atoms with Crippen molar-refractivity contribution in [1.29, 1.82) is 0 Å². The second-order valence-electron chi connectivity index (χ2n) is 4.28. The Bertz CT molecular complexity index is 700. The maximum atomic E-state index is 9.42. The summed E-state index contributed by atoms with van der Waals surface area (Å²) in [7, 11) is 0. The van der Waals surface area contributed by atoms with Gasteiger partial charge in [-0.05, 0) is 24.3 Å². The first-order chi connectivity index (χ1) is 11.4. The standard InChI is InChI=1S/C9H8N2O.C6H5.C3H4N2.Ir/c12-9-5-2-1-4-8(9)11-7-3-6-10-11;1-2-4-6-5-3-1;1-2-4-5-3-1;/h1-7,12H;1-5H;1-3H,(H,4,5);/q;-1;;. The molecule has 0 amide bonds. The predicted molar refractivity (Wildman–Crippen MR) is 89.1 cm³/mol. The molecule has 0 bridgehead atoms. The van der Waals surface area contributed by atoms with E-state index in [1.807, 2.05) is 54.6 Å². The van der Waals surface area contributed by atoms with Gasteiger partial charge in [0.1, 0.15) is 11.4 Å². The second-order valence-corrected chi connectivity index (χ2v) is 4.28. The molecule has 4 aromatic rings. The van der Waals surface area contributed by atoms with Crippen molar-refractivity contribution in [2.45, 2.75) is 0 Å². The van der Waals surface area contributed by atoms with Gasteiger partial charge < -0.3 is 5.11 Å². The molecule has 1 radical (unpaired) electrons. The van der Waals surface area contributed by atoms with Crippen molar-refractivity contribution in [3.05, 3.63) is 97.6 Å². The van der Waals surface area contributed by atoms with Crippen LogP contribution in [0.3, 0.4) is 0 Å². The summed E-state index contributed by atoms with van der Waals surface area (Å²) in [6, 6.07) is 23.2. The van der Waals surface area contributed by atoms with Crippen molar-refractivity contribution >= 4 is 0 Å². The smallest absolute Gasteiger partial charge is 0.141 e. The zero-order chi connectivity index (χ0) is 16.2. The summed E-state index contributed by atoms with van der Waals surface area (Å²) in [5.74, 6) is 0.237. The number of aromatic hydroxyl groups is 1. The summed E-state index contributed by atoms with van der Waals surface area (Å²) in [6.45, 7) is 0. The van der Waals surface area contributed by atoms with Gasteiger partial charge in [-0.1, -0.05) is 12.1 Å². The van der Waals surface area contributed by atoms with Crippen LogP contribution < -0.4 is 0 Å². The fraction of sp³-hybridized carbons (Fsp3) is 0. The van der Waals surface area contributed by atoms with E-state index in [2.05, 4.69) is 21.4 Å². The number of benzene rings is 2. The normalized spacial score (nSPS) is 8.67. The molecular formula is C18H17IrN4O-. The number of hydrogen-bond donors (Lipinski definition) is 2. The van der Waals surface area contributed by atoms with Crippen molar-refractivity contribution in [2.75, 3.05) is 0 Å². The SMILES string of the molecule is Oc1ccccc1-n1cccn1.[Ir].[c-]1ccccc1.c1cn[nH]c1. The Kier molecular flexibility index (Phi) is 9.53. The minimum absolute atomic E-state index is 0. The molecule has 6 heteroatoms. The third-order valence-corrected chi connectivity index (χ3v) is 2.65. The van der Waals surface area contributed by atoms with E-state index >= 15 is 0 Å². The van der Waals surface area contributed by atoms with Crippen molar-refractivity contribution in [3.8, 4) is 11.4 Å². The number of para-hydroxylation sites is 2. The fourth-order valence-electron chi connectivity index (χ4n) is 1.63. The van der Waals surface area contributed by atoms with Crippen LogP contribution in [0.25, 0.3) is 5.69 Å². The number of nitrogens with one attached hydrogen (secondary N) is 1. The number of phenols is 1. The predicted octanol–water partition coefficient (Wildman–Crippen LogP) is 3.47.